The van der Waals surface area contributed by atoms with Crippen molar-refractivity contribution in [2.24, 2.45) is 0 Å². The average molecular weight is 234 g/mol. The fraction of sp³-hybridized carbons (Fsp3) is 0.462. The van der Waals surface area contributed by atoms with Crippen molar-refractivity contribution < 1.29 is 19.0 Å². The van der Waals surface area contributed by atoms with Crippen LogP contribution in [0.5, 0.6) is 0 Å². The van der Waals surface area contributed by atoms with Gasteiger partial charge in [-0.2, -0.15) is 0 Å². The van der Waals surface area contributed by atoms with Crippen LogP contribution in [0.2, 0.25) is 0 Å². The number of benzene rings is 1. The molecular weight excluding hydrogens is 220 g/mol. The number of carbonyl (C=O) groups is 1. The van der Waals surface area contributed by atoms with Gasteiger partial charge in [-0.25, -0.2) is 4.79 Å². The predicted octanol–water partition coefficient (Wildman–Crippen LogP) is 1.80. The van der Waals surface area contributed by atoms with Crippen LogP contribution < -0.4 is 0 Å². The Morgan fingerprint density at radius 1 is 1.06 bits per heavy atom. The van der Waals surface area contributed by atoms with Crippen molar-refractivity contribution in [1.29, 1.82) is 0 Å². The highest BCUT2D eigenvalue weighted by atomic mass is 16.8. The van der Waals surface area contributed by atoms with Crippen molar-refractivity contribution in [3.63, 3.8) is 0 Å². The van der Waals surface area contributed by atoms with Crippen molar-refractivity contribution in [1.82, 2.24) is 0 Å². The standard InChI is InChI=1S/C13H14O4/c1-13(2)16-10-9(8-6-4-3-5-7-8)15-12(14)11(10)17-13/h3-7,9-11H,1-2H3/t9-,10-,11-/m0/s1. The first kappa shape index (κ1) is 10.7. The molecule has 0 bridgehead atoms. The van der Waals surface area contributed by atoms with E-state index in [9.17, 15) is 4.79 Å². The van der Waals surface area contributed by atoms with E-state index in [1.165, 1.54) is 0 Å². The summed E-state index contributed by atoms with van der Waals surface area (Å²) >= 11 is 0. The molecule has 0 spiro atoms. The number of esters is 1. The third-order valence-corrected chi connectivity index (χ3v) is 3.03. The number of ether oxygens (including phenoxy) is 3. The maximum atomic E-state index is 11.7. The van der Waals surface area contributed by atoms with Crippen LogP contribution in [-0.2, 0) is 19.0 Å². The third-order valence-electron chi connectivity index (χ3n) is 3.03. The Morgan fingerprint density at radius 2 is 1.76 bits per heavy atom. The molecule has 1 aromatic rings. The molecule has 0 amide bonds. The first-order chi connectivity index (χ1) is 8.07. The van der Waals surface area contributed by atoms with E-state index >= 15 is 0 Å². The van der Waals surface area contributed by atoms with E-state index in [-0.39, 0.29) is 18.2 Å². The largest absolute Gasteiger partial charge is 0.453 e. The molecule has 2 fully saturated rings. The van der Waals surface area contributed by atoms with Crippen molar-refractivity contribution in [3.05, 3.63) is 35.9 Å². The molecule has 0 saturated carbocycles. The fourth-order valence-electron chi connectivity index (χ4n) is 2.35. The quantitative estimate of drug-likeness (QED) is 0.695. The number of hydrogen-bond acceptors (Lipinski definition) is 4. The first-order valence-corrected chi connectivity index (χ1v) is 5.68. The summed E-state index contributed by atoms with van der Waals surface area (Å²) in [5.74, 6) is -1.06. The van der Waals surface area contributed by atoms with Gasteiger partial charge in [0.25, 0.3) is 0 Å². The van der Waals surface area contributed by atoms with Crippen molar-refractivity contribution in [2.45, 2.75) is 37.9 Å². The molecule has 3 atom stereocenters. The zero-order valence-corrected chi connectivity index (χ0v) is 9.75. The third kappa shape index (κ3) is 1.73. The molecule has 0 aliphatic carbocycles. The normalized spacial score (nSPS) is 34.5. The molecule has 3 rings (SSSR count). The Labute approximate surface area is 99.5 Å². The lowest BCUT2D eigenvalue weighted by Crippen LogP contribution is -2.25. The van der Waals surface area contributed by atoms with Gasteiger partial charge in [0.15, 0.2) is 18.0 Å². The minimum absolute atomic E-state index is 0.338. The topological polar surface area (TPSA) is 44.8 Å². The van der Waals surface area contributed by atoms with Crippen molar-refractivity contribution >= 4 is 5.97 Å². The highest BCUT2D eigenvalue weighted by Crippen LogP contribution is 2.42. The van der Waals surface area contributed by atoms with Gasteiger partial charge < -0.3 is 14.2 Å². The van der Waals surface area contributed by atoms with Gasteiger partial charge in [-0.3, -0.25) is 0 Å². The summed E-state index contributed by atoms with van der Waals surface area (Å²) in [6.45, 7) is 3.61. The molecule has 0 aromatic heterocycles. The lowest BCUT2D eigenvalue weighted by molar-refractivity contribution is -0.187. The molecule has 2 aliphatic rings. The molecule has 90 valence electrons. The number of fused-ring (bicyclic) bond motifs is 1. The Bertz CT molecular complexity index is 440. The molecule has 4 heteroatoms. The Hall–Kier alpha value is -1.39. The summed E-state index contributed by atoms with van der Waals surface area (Å²) < 4.78 is 16.6. The maximum absolute atomic E-state index is 11.7. The van der Waals surface area contributed by atoms with Crippen LogP contribution in [0.25, 0.3) is 0 Å². The molecule has 0 unspecified atom stereocenters. The Balaban J connectivity index is 1.91. The Morgan fingerprint density at radius 3 is 2.47 bits per heavy atom. The number of hydrogen-bond donors (Lipinski definition) is 0. The van der Waals surface area contributed by atoms with Crippen LogP contribution in [0.4, 0.5) is 0 Å². The molecule has 2 saturated heterocycles. The van der Waals surface area contributed by atoms with E-state index in [4.69, 9.17) is 14.2 Å². The summed E-state index contributed by atoms with van der Waals surface area (Å²) in [6, 6.07) is 9.60. The average Bonchev–Trinajstić information content (AvgIpc) is 2.76. The second kappa shape index (κ2) is 3.55. The van der Waals surface area contributed by atoms with E-state index in [0.717, 1.165) is 5.56 Å². The SMILES string of the molecule is CC1(C)O[C@@H]2[C@H](O1)C(=O)O[C@H]2c1ccccc1. The highest BCUT2D eigenvalue weighted by Gasteiger charge is 2.56. The monoisotopic (exact) mass is 234 g/mol. The molecule has 2 heterocycles. The molecule has 2 aliphatic heterocycles. The van der Waals surface area contributed by atoms with Gasteiger partial charge in [0.05, 0.1) is 0 Å². The highest BCUT2D eigenvalue weighted by molar-refractivity contribution is 5.78. The van der Waals surface area contributed by atoms with E-state index in [1.807, 2.05) is 30.3 Å². The van der Waals surface area contributed by atoms with Crippen LogP contribution in [0.3, 0.4) is 0 Å². The van der Waals surface area contributed by atoms with Gasteiger partial charge in [-0.1, -0.05) is 30.3 Å². The zero-order chi connectivity index (χ0) is 12.0. The van der Waals surface area contributed by atoms with Crippen LogP contribution in [0, 0.1) is 0 Å². The van der Waals surface area contributed by atoms with Crippen molar-refractivity contribution in [2.75, 3.05) is 0 Å². The summed E-state index contributed by atoms with van der Waals surface area (Å²) in [5, 5.41) is 0. The maximum Gasteiger partial charge on any atom is 0.339 e. The van der Waals surface area contributed by atoms with E-state index in [2.05, 4.69) is 0 Å². The van der Waals surface area contributed by atoms with Gasteiger partial charge >= 0.3 is 5.97 Å². The Kier molecular flexibility index (Phi) is 2.24. The number of carbonyl (C=O) groups excluding carboxylic acids is 1. The fourth-order valence-corrected chi connectivity index (χ4v) is 2.35. The lowest BCUT2D eigenvalue weighted by Gasteiger charge is -2.21. The van der Waals surface area contributed by atoms with Crippen LogP contribution in [0.15, 0.2) is 30.3 Å². The second-order valence-corrected chi connectivity index (χ2v) is 4.79. The van der Waals surface area contributed by atoms with E-state index < -0.39 is 11.9 Å². The van der Waals surface area contributed by atoms with Crippen LogP contribution in [-0.4, -0.2) is 24.0 Å². The van der Waals surface area contributed by atoms with Gasteiger partial charge in [-0.15, -0.1) is 0 Å². The minimum Gasteiger partial charge on any atom is -0.453 e. The predicted molar refractivity (Wildman–Crippen MR) is 59.1 cm³/mol. The van der Waals surface area contributed by atoms with Gasteiger partial charge in [0.2, 0.25) is 0 Å². The first-order valence-electron chi connectivity index (χ1n) is 5.68. The van der Waals surface area contributed by atoms with Crippen LogP contribution >= 0.6 is 0 Å². The number of rotatable bonds is 1. The molecule has 0 N–H and O–H groups in total. The molecule has 17 heavy (non-hydrogen) atoms. The van der Waals surface area contributed by atoms with E-state index in [1.54, 1.807) is 13.8 Å². The second-order valence-electron chi connectivity index (χ2n) is 4.79. The van der Waals surface area contributed by atoms with Gasteiger partial charge in [0.1, 0.15) is 6.10 Å². The minimum atomic E-state index is -0.720. The zero-order valence-electron chi connectivity index (χ0n) is 9.75. The van der Waals surface area contributed by atoms with Gasteiger partial charge in [-0.05, 0) is 19.4 Å². The summed E-state index contributed by atoms with van der Waals surface area (Å²) in [5.41, 5.74) is 0.939. The number of cyclic esters (lactones) is 1. The molecular formula is C13H14O4. The van der Waals surface area contributed by atoms with Crippen molar-refractivity contribution in [3.8, 4) is 0 Å². The lowest BCUT2D eigenvalue weighted by atomic mass is 10.0. The van der Waals surface area contributed by atoms with E-state index in [0.29, 0.717) is 0 Å². The summed E-state index contributed by atoms with van der Waals surface area (Å²) in [4.78, 5) is 11.7. The molecule has 0 radical (unpaired) electrons. The summed E-state index contributed by atoms with van der Waals surface area (Å²) in [7, 11) is 0. The van der Waals surface area contributed by atoms with Crippen LogP contribution in [0.1, 0.15) is 25.5 Å². The van der Waals surface area contributed by atoms with Gasteiger partial charge in [0, 0.05) is 0 Å². The molecule has 1 aromatic carbocycles. The smallest absolute Gasteiger partial charge is 0.339 e. The molecule has 4 nitrogen and oxygen atoms in total. The summed E-state index contributed by atoms with van der Waals surface area (Å²) in [6.07, 6.45) is -1.31.